The molecule has 0 amide bonds. The predicted octanol–water partition coefficient (Wildman–Crippen LogP) is 5.30. The van der Waals surface area contributed by atoms with Gasteiger partial charge in [-0.3, -0.25) is 9.59 Å². The number of benzene rings is 4. The molecule has 38 heavy (non-hydrogen) atoms. The van der Waals surface area contributed by atoms with Crippen LogP contribution >= 0.6 is 0 Å². The van der Waals surface area contributed by atoms with Crippen LogP contribution in [0.1, 0.15) is 38.3 Å². The average molecular weight is 513 g/mol. The summed E-state index contributed by atoms with van der Waals surface area (Å²) in [5.74, 6) is -2.29. The molecule has 0 fully saturated rings. The predicted molar refractivity (Wildman–Crippen MR) is 141 cm³/mol. The topological polar surface area (TPSA) is 156 Å². The van der Waals surface area contributed by atoms with Crippen molar-refractivity contribution in [3.8, 4) is 45.6 Å². The smallest absolute Gasteiger partial charge is 0.189 e. The van der Waals surface area contributed by atoms with Crippen LogP contribution in [0.4, 0.5) is 0 Å². The highest BCUT2D eigenvalue weighted by Gasteiger charge is 2.18. The monoisotopic (exact) mass is 512 g/mol. The molecule has 192 valence electrons. The number of aryl methyl sites for hydroxylation is 1. The van der Waals surface area contributed by atoms with Gasteiger partial charge in [-0.1, -0.05) is 24.3 Å². The molecule has 0 bridgehead atoms. The van der Waals surface area contributed by atoms with Gasteiger partial charge in [-0.05, 0) is 66.1 Å². The molecule has 0 saturated heterocycles. The number of allylic oxidation sites excluding steroid dienone is 1. The molecule has 0 aliphatic heterocycles. The van der Waals surface area contributed by atoms with Gasteiger partial charge in [-0.15, -0.1) is 0 Å². The van der Waals surface area contributed by atoms with Crippen molar-refractivity contribution in [2.45, 2.75) is 12.8 Å². The Kier molecular flexibility index (Phi) is 7.34. The zero-order valence-electron chi connectivity index (χ0n) is 20.0. The van der Waals surface area contributed by atoms with Crippen LogP contribution in [0.3, 0.4) is 0 Å². The molecule has 0 saturated carbocycles. The molecule has 4 aromatic carbocycles. The Bertz CT molecular complexity index is 1550. The zero-order valence-corrected chi connectivity index (χ0v) is 20.0. The van der Waals surface area contributed by atoms with Crippen LogP contribution < -0.4 is 0 Å². The van der Waals surface area contributed by atoms with Gasteiger partial charge in [-0.2, -0.15) is 0 Å². The molecule has 8 nitrogen and oxygen atoms in total. The van der Waals surface area contributed by atoms with E-state index in [9.17, 15) is 40.2 Å². The number of rotatable bonds is 8. The van der Waals surface area contributed by atoms with Crippen LogP contribution in [-0.4, -0.2) is 42.2 Å². The highest BCUT2D eigenvalue weighted by atomic mass is 16.3. The maximum atomic E-state index is 12.8. The average Bonchev–Trinajstić information content (AvgIpc) is 2.88. The third-order valence-electron chi connectivity index (χ3n) is 5.97. The molecule has 0 unspecified atom stereocenters. The molecule has 0 aliphatic carbocycles. The number of Topliss-reactive ketones (excluding diaryl/α,β-unsaturated/α-hetero) is 1. The van der Waals surface area contributed by atoms with Gasteiger partial charge in [0.1, 0.15) is 34.5 Å². The minimum absolute atomic E-state index is 0.0237. The van der Waals surface area contributed by atoms with E-state index in [1.54, 1.807) is 24.3 Å². The summed E-state index contributed by atoms with van der Waals surface area (Å²) in [6.07, 6.45) is 3.01. The van der Waals surface area contributed by atoms with Gasteiger partial charge in [0.05, 0.1) is 11.1 Å². The van der Waals surface area contributed by atoms with Crippen molar-refractivity contribution in [2.24, 2.45) is 0 Å². The lowest BCUT2D eigenvalue weighted by molar-refractivity contribution is 0.0979. The maximum absolute atomic E-state index is 12.8. The summed E-state index contributed by atoms with van der Waals surface area (Å²) in [6.45, 7) is 0. The Hall–Kier alpha value is -5.24. The Labute approximate surface area is 217 Å². The molecule has 0 aliphatic rings. The van der Waals surface area contributed by atoms with Crippen molar-refractivity contribution in [3.05, 3.63) is 101 Å². The SMILES string of the molecule is O=C(/C=C/c1ccc(O)cc1)c1cc(-c2cc(CCC(=O)c3ccc(O)cc3O)ccc2O)c(O)cc1O. The summed E-state index contributed by atoms with van der Waals surface area (Å²) in [5, 5.41) is 60.0. The Morgan fingerprint density at radius 1 is 0.605 bits per heavy atom. The molecule has 0 spiro atoms. The summed E-state index contributed by atoms with van der Waals surface area (Å²) < 4.78 is 0. The lowest BCUT2D eigenvalue weighted by Crippen LogP contribution is -2.02. The van der Waals surface area contributed by atoms with Crippen molar-refractivity contribution >= 4 is 17.6 Å². The third kappa shape index (κ3) is 5.76. The molecule has 8 heteroatoms. The van der Waals surface area contributed by atoms with Crippen LogP contribution in [-0.2, 0) is 6.42 Å². The highest BCUT2D eigenvalue weighted by Crippen LogP contribution is 2.40. The summed E-state index contributed by atoms with van der Waals surface area (Å²) in [6, 6.07) is 16.7. The van der Waals surface area contributed by atoms with Crippen molar-refractivity contribution in [1.82, 2.24) is 0 Å². The van der Waals surface area contributed by atoms with Gasteiger partial charge in [0, 0.05) is 29.7 Å². The van der Waals surface area contributed by atoms with Gasteiger partial charge in [0.25, 0.3) is 0 Å². The van der Waals surface area contributed by atoms with Crippen molar-refractivity contribution in [1.29, 1.82) is 0 Å². The van der Waals surface area contributed by atoms with Gasteiger partial charge < -0.3 is 30.6 Å². The second-order valence-corrected chi connectivity index (χ2v) is 8.65. The standard InChI is InChI=1S/C30H24O8/c31-19-6-1-17(2-7-19)3-10-27(35)24-15-23(29(37)16-30(24)38)22-13-18(5-12-26(22)34)4-11-25(33)21-9-8-20(32)14-28(21)36/h1-3,5-10,12-16,31-32,34,36-38H,4,11H2/b10-3+. The fourth-order valence-electron chi connectivity index (χ4n) is 3.94. The third-order valence-corrected chi connectivity index (χ3v) is 5.97. The molecule has 0 aromatic heterocycles. The molecule has 0 atom stereocenters. The fourth-order valence-corrected chi connectivity index (χ4v) is 3.94. The summed E-state index contributed by atoms with van der Waals surface area (Å²) in [5.41, 5.74) is 1.55. The number of hydrogen-bond donors (Lipinski definition) is 6. The van der Waals surface area contributed by atoms with E-state index in [-0.39, 0.29) is 69.6 Å². The van der Waals surface area contributed by atoms with E-state index >= 15 is 0 Å². The number of aromatic hydroxyl groups is 6. The molecule has 0 heterocycles. The quantitative estimate of drug-likeness (QED) is 0.137. The van der Waals surface area contributed by atoms with E-state index in [0.717, 1.165) is 12.1 Å². The lowest BCUT2D eigenvalue weighted by atomic mass is 9.95. The molecule has 4 rings (SSSR count). The minimum atomic E-state index is -0.549. The number of ketones is 2. The van der Waals surface area contributed by atoms with Gasteiger partial charge in [0.15, 0.2) is 11.6 Å². The molecular weight excluding hydrogens is 488 g/mol. The largest absolute Gasteiger partial charge is 0.508 e. The van der Waals surface area contributed by atoms with Crippen LogP contribution in [0, 0.1) is 0 Å². The minimum Gasteiger partial charge on any atom is -0.508 e. The molecular formula is C30H24O8. The first-order chi connectivity index (χ1) is 18.1. The van der Waals surface area contributed by atoms with Gasteiger partial charge in [-0.25, -0.2) is 0 Å². The van der Waals surface area contributed by atoms with Crippen LogP contribution in [0.5, 0.6) is 34.5 Å². The number of phenolic OH excluding ortho intramolecular Hbond substituents is 6. The fraction of sp³-hybridized carbons (Fsp3) is 0.0667. The van der Waals surface area contributed by atoms with E-state index in [1.807, 2.05) is 0 Å². The summed E-state index contributed by atoms with van der Waals surface area (Å²) >= 11 is 0. The van der Waals surface area contributed by atoms with E-state index in [4.69, 9.17) is 0 Å². The van der Waals surface area contributed by atoms with E-state index < -0.39 is 11.5 Å². The second-order valence-electron chi connectivity index (χ2n) is 8.65. The molecule has 6 N–H and O–H groups in total. The number of hydrogen-bond acceptors (Lipinski definition) is 8. The van der Waals surface area contributed by atoms with Crippen molar-refractivity contribution in [2.75, 3.05) is 0 Å². The number of phenols is 6. The lowest BCUT2D eigenvalue weighted by Gasteiger charge is -2.12. The first kappa shape index (κ1) is 25.8. The normalized spacial score (nSPS) is 11.1. The highest BCUT2D eigenvalue weighted by molar-refractivity contribution is 6.09. The van der Waals surface area contributed by atoms with Crippen LogP contribution in [0.15, 0.2) is 78.9 Å². The van der Waals surface area contributed by atoms with Gasteiger partial charge in [0.2, 0.25) is 0 Å². The Morgan fingerprint density at radius 2 is 1.26 bits per heavy atom. The van der Waals surface area contributed by atoms with Crippen LogP contribution in [0.25, 0.3) is 17.2 Å². The van der Waals surface area contributed by atoms with Gasteiger partial charge >= 0.3 is 0 Å². The molecule has 0 radical (unpaired) electrons. The second kappa shape index (κ2) is 10.8. The van der Waals surface area contributed by atoms with E-state index in [2.05, 4.69) is 0 Å². The summed E-state index contributed by atoms with van der Waals surface area (Å²) in [4.78, 5) is 25.3. The van der Waals surface area contributed by atoms with Crippen molar-refractivity contribution < 1.29 is 40.2 Å². The number of carbonyl (C=O) groups is 2. The maximum Gasteiger partial charge on any atom is 0.189 e. The number of carbonyl (C=O) groups excluding carboxylic acids is 2. The Morgan fingerprint density at radius 3 is 1.97 bits per heavy atom. The summed E-state index contributed by atoms with van der Waals surface area (Å²) in [7, 11) is 0. The first-order valence-corrected chi connectivity index (χ1v) is 11.6. The zero-order chi connectivity index (χ0) is 27.4. The Balaban J connectivity index is 1.58. The molecule has 4 aromatic rings. The van der Waals surface area contributed by atoms with E-state index in [0.29, 0.717) is 11.1 Å². The van der Waals surface area contributed by atoms with E-state index in [1.165, 1.54) is 48.6 Å². The van der Waals surface area contributed by atoms with Crippen LogP contribution in [0.2, 0.25) is 0 Å². The first-order valence-electron chi connectivity index (χ1n) is 11.6. The van der Waals surface area contributed by atoms with Crippen molar-refractivity contribution in [3.63, 3.8) is 0 Å².